The molecule has 3 aromatic carbocycles. The minimum Gasteiger partial charge on any atom is -0.493 e. The highest BCUT2D eigenvalue weighted by molar-refractivity contribution is 7.80. The van der Waals surface area contributed by atoms with Crippen molar-refractivity contribution in [3.8, 4) is 34.1 Å². The van der Waals surface area contributed by atoms with Crippen molar-refractivity contribution < 1.29 is 43.5 Å². The van der Waals surface area contributed by atoms with E-state index in [9.17, 15) is 19.5 Å². The number of fused-ring (bicyclic) bond motifs is 1. The Bertz CT molecular complexity index is 1690. The van der Waals surface area contributed by atoms with E-state index in [2.05, 4.69) is 26.5 Å². The molecule has 0 saturated carbocycles. The summed E-state index contributed by atoms with van der Waals surface area (Å²) in [5.74, 6) is 0.960. The number of piperidine rings is 1. The maximum Gasteiger partial charge on any atom is 0.303 e. The molecule has 11 heteroatoms. The molecule has 0 radical (unpaired) electrons. The van der Waals surface area contributed by atoms with Crippen LogP contribution in [0.5, 0.6) is 23.0 Å². The Morgan fingerprint density at radius 1 is 0.980 bits per heavy atom. The first kappa shape index (κ1) is 36.9. The van der Waals surface area contributed by atoms with E-state index in [1.807, 2.05) is 60.4 Å². The number of amides is 1. The largest absolute Gasteiger partial charge is 0.493 e. The molecule has 268 valence electrons. The van der Waals surface area contributed by atoms with Gasteiger partial charge < -0.3 is 34.1 Å². The molecule has 2 atom stereocenters. The van der Waals surface area contributed by atoms with Crippen LogP contribution < -0.4 is 18.9 Å². The molecule has 0 aromatic heterocycles. The zero-order valence-electron chi connectivity index (χ0n) is 29.0. The van der Waals surface area contributed by atoms with Crippen molar-refractivity contribution in [2.24, 2.45) is 5.41 Å². The van der Waals surface area contributed by atoms with Gasteiger partial charge in [0.25, 0.3) is 5.91 Å². The smallest absolute Gasteiger partial charge is 0.303 e. The lowest BCUT2D eigenvalue weighted by Gasteiger charge is -2.38. The highest BCUT2D eigenvalue weighted by Crippen LogP contribution is 2.39. The van der Waals surface area contributed by atoms with Gasteiger partial charge in [-0.15, -0.1) is 0 Å². The fourth-order valence-electron chi connectivity index (χ4n) is 6.80. The summed E-state index contributed by atoms with van der Waals surface area (Å²) >= 11 is 4.69. The minimum atomic E-state index is -0.920. The summed E-state index contributed by atoms with van der Waals surface area (Å²) in [6.45, 7) is 8.12. The lowest BCUT2D eigenvalue weighted by atomic mass is 9.84. The molecule has 1 saturated heterocycles. The first-order valence-electron chi connectivity index (χ1n) is 17.2. The standard InChI is InChI=1S/C39H47NO9S/c1-25(17-29(22-50)31-7-4-8-33(32(31)11-13-37(43)44)46-16-5-9-36(41)42)49-30-19-27(26-10-12-34-35(21-26)48-24-47-34)18-28(20-30)38(45)40-15-6-14-39(2,3)23-40/h4,7-8,10,12,18-21,25,29,50H,5-6,9,11,13-17,22-24H2,1-3H3,(H,41,42)(H,43,44). The fraction of sp³-hybridized carbons (Fsp3) is 0.462. The molecule has 50 heavy (non-hydrogen) atoms. The van der Waals surface area contributed by atoms with Crippen LogP contribution in [0.25, 0.3) is 11.1 Å². The highest BCUT2D eigenvalue weighted by Gasteiger charge is 2.30. The second-order valence-corrected chi connectivity index (χ2v) is 14.3. The Hall–Kier alpha value is -4.38. The van der Waals surface area contributed by atoms with Crippen LogP contribution in [0.4, 0.5) is 0 Å². The van der Waals surface area contributed by atoms with Gasteiger partial charge >= 0.3 is 11.9 Å². The van der Waals surface area contributed by atoms with Crippen molar-refractivity contribution in [2.75, 3.05) is 32.2 Å². The lowest BCUT2D eigenvalue weighted by Crippen LogP contribution is -2.43. The number of carbonyl (C=O) groups excluding carboxylic acids is 1. The quantitative estimate of drug-likeness (QED) is 0.103. The molecule has 2 aliphatic heterocycles. The average Bonchev–Trinajstić information content (AvgIpc) is 3.55. The van der Waals surface area contributed by atoms with Crippen LogP contribution in [0.15, 0.2) is 54.6 Å². The van der Waals surface area contributed by atoms with Crippen molar-refractivity contribution >= 4 is 30.5 Å². The topological polar surface area (TPSA) is 132 Å². The molecule has 5 rings (SSSR count). The number of likely N-dealkylation sites (tertiary alicyclic amines) is 1. The van der Waals surface area contributed by atoms with Crippen LogP contribution in [0, 0.1) is 5.41 Å². The van der Waals surface area contributed by atoms with Gasteiger partial charge in [0, 0.05) is 31.5 Å². The number of carbonyl (C=O) groups is 3. The number of benzene rings is 3. The van der Waals surface area contributed by atoms with Gasteiger partial charge in [0.05, 0.1) is 12.7 Å². The van der Waals surface area contributed by atoms with E-state index in [-0.39, 0.29) is 56.0 Å². The number of hydrogen-bond acceptors (Lipinski definition) is 8. The van der Waals surface area contributed by atoms with Gasteiger partial charge in [-0.25, -0.2) is 0 Å². The van der Waals surface area contributed by atoms with Crippen molar-refractivity contribution in [3.05, 3.63) is 71.3 Å². The van der Waals surface area contributed by atoms with E-state index in [0.717, 1.165) is 35.1 Å². The molecule has 3 aromatic rings. The number of aliphatic carboxylic acids is 2. The predicted octanol–water partition coefficient (Wildman–Crippen LogP) is 7.48. The number of nitrogens with zero attached hydrogens (tertiary/aromatic N) is 1. The SMILES string of the molecule is CC(CC(CS)c1cccc(OCCCC(=O)O)c1CCC(=O)O)Oc1cc(C(=O)N2CCCC(C)(C)C2)cc(-c2ccc3c(c2)OCO3)c1. The van der Waals surface area contributed by atoms with E-state index < -0.39 is 11.9 Å². The van der Waals surface area contributed by atoms with Crippen LogP contribution in [-0.2, 0) is 16.0 Å². The van der Waals surface area contributed by atoms with Crippen LogP contribution in [-0.4, -0.2) is 71.3 Å². The van der Waals surface area contributed by atoms with Gasteiger partial charge in [0.1, 0.15) is 11.5 Å². The van der Waals surface area contributed by atoms with Crippen LogP contribution in [0.3, 0.4) is 0 Å². The summed E-state index contributed by atoms with van der Waals surface area (Å²) in [5.41, 5.74) is 3.99. The lowest BCUT2D eigenvalue weighted by molar-refractivity contribution is -0.138. The number of thiol groups is 1. The number of hydrogen-bond donors (Lipinski definition) is 3. The average molecular weight is 706 g/mol. The molecular weight excluding hydrogens is 658 g/mol. The third-order valence-electron chi connectivity index (χ3n) is 9.21. The molecule has 1 fully saturated rings. The van der Waals surface area contributed by atoms with Crippen molar-refractivity contribution in [2.45, 2.75) is 77.7 Å². The summed E-state index contributed by atoms with van der Waals surface area (Å²) < 4.78 is 23.7. The summed E-state index contributed by atoms with van der Waals surface area (Å²) in [5, 5.41) is 18.5. The molecular formula is C39H47NO9S. The third-order valence-corrected chi connectivity index (χ3v) is 9.65. The number of ether oxygens (including phenoxy) is 4. The first-order chi connectivity index (χ1) is 23.9. The second kappa shape index (κ2) is 16.6. The highest BCUT2D eigenvalue weighted by atomic mass is 32.1. The van der Waals surface area contributed by atoms with Crippen molar-refractivity contribution in [3.63, 3.8) is 0 Å². The molecule has 0 spiro atoms. The molecule has 10 nitrogen and oxygen atoms in total. The van der Waals surface area contributed by atoms with E-state index >= 15 is 0 Å². The van der Waals surface area contributed by atoms with Crippen LogP contribution in [0.1, 0.15) is 86.7 Å². The molecule has 0 aliphatic carbocycles. The molecule has 2 aliphatic rings. The monoisotopic (exact) mass is 705 g/mol. The fourth-order valence-corrected chi connectivity index (χ4v) is 7.14. The van der Waals surface area contributed by atoms with E-state index in [4.69, 9.17) is 24.1 Å². The van der Waals surface area contributed by atoms with E-state index in [1.54, 1.807) is 6.07 Å². The Morgan fingerprint density at radius 3 is 2.50 bits per heavy atom. The number of rotatable bonds is 16. The first-order valence-corrected chi connectivity index (χ1v) is 17.9. The minimum absolute atomic E-state index is 0.0164. The van der Waals surface area contributed by atoms with Gasteiger partial charge in [0.15, 0.2) is 11.5 Å². The van der Waals surface area contributed by atoms with Gasteiger partial charge in [-0.3, -0.25) is 14.4 Å². The van der Waals surface area contributed by atoms with E-state index in [0.29, 0.717) is 60.2 Å². The molecule has 2 N–H and O–H groups in total. The second-order valence-electron chi connectivity index (χ2n) is 13.9. The third kappa shape index (κ3) is 9.65. The summed E-state index contributed by atoms with van der Waals surface area (Å²) in [7, 11) is 0. The van der Waals surface area contributed by atoms with Crippen molar-refractivity contribution in [1.82, 2.24) is 4.90 Å². The molecule has 2 heterocycles. The Labute approximate surface area is 299 Å². The Kier molecular flexibility index (Phi) is 12.2. The van der Waals surface area contributed by atoms with Crippen LogP contribution in [0.2, 0.25) is 0 Å². The number of carboxylic acid groups (broad SMARTS) is 2. The Morgan fingerprint density at radius 2 is 1.76 bits per heavy atom. The van der Waals surface area contributed by atoms with Crippen LogP contribution >= 0.6 is 12.6 Å². The number of carboxylic acids is 2. The van der Waals surface area contributed by atoms with Gasteiger partial charge in [-0.05, 0) is 115 Å². The summed E-state index contributed by atoms with van der Waals surface area (Å²) in [6.07, 6.45) is 2.79. The summed E-state index contributed by atoms with van der Waals surface area (Å²) in [4.78, 5) is 38.4. The molecule has 2 unspecified atom stereocenters. The van der Waals surface area contributed by atoms with Crippen molar-refractivity contribution in [1.29, 1.82) is 0 Å². The maximum absolute atomic E-state index is 13.9. The van der Waals surface area contributed by atoms with E-state index in [1.165, 1.54) is 0 Å². The van der Waals surface area contributed by atoms with Gasteiger partial charge in [0.2, 0.25) is 6.79 Å². The zero-order chi connectivity index (χ0) is 35.8. The normalized spacial score (nSPS) is 16.0. The van der Waals surface area contributed by atoms with Gasteiger partial charge in [-0.1, -0.05) is 32.0 Å². The molecule has 1 amide bonds. The summed E-state index contributed by atoms with van der Waals surface area (Å²) in [6, 6.07) is 17.0. The van der Waals surface area contributed by atoms with Gasteiger partial charge in [-0.2, -0.15) is 12.6 Å². The maximum atomic E-state index is 13.9. The zero-order valence-corrected chi connectivity index (χ0v) is 29.9. The predicted molar refractivity (Wildman–Crippen MR) is 193 cm³/mol. The Balaban J connectivity index is 1.40. The molecule has 0 bridgehead atoms.